The van der Waals surface area contributed by atoms with Crippen molar-refractivity contribution in [3.8, 4) is 5.75 Å². The molecular formula is C20H28N2O4. The summed E-state index contributed by atoms with van der Waals surface area (Å²) in [5, 5.41) is 9.73. The Balaban J connectivity index is 2.04. The summed E-state index contributed by atoms with van der Waals surface area (Å²) in [6.07, 6.45) is 2.58. The number of benzene rings is 1. The van der Waals surface area contributed by atoms with Crippen LogP contribution in [0.3, 0.4) is 0 Å². The standard InChI is InChI=1S/C20H28N2O4/c1-13(2)22(14(3)4)10-9-15-12-21-18-11-16(5-6-17(15)18)26-20(25)8-7-19(23)24/h5-6,11-14,21H,7-10H2,1-4H3,(H,23,24). The summed E-state index contributed by atoms with van der Waals surface area (Å²) >= 11 is 0. The number of hydrogen-bond acceptors (Lipinski definition) is 4. The zero-order chi connectivity index (χ0) is 19.3. The minimum absolute atomic E-state index is 0.135. The van der Waals surface area contributed by atoms with Crippen molar-refractivity contribution in [2.45, 2.75) is 59.0 Å². The molecular weight excluding hydrogens is 332 g/mol. The lowest BCUT2D eigenvalue weighted by Crippen LogP contribution is -2.38. The Morgan fingerprint density at radius 1 is 1.15 bits per heavy atom. The molecule has 6 heteroatoms. The van der Waals surface area contributed by atoms with Gasteiger partial charge in [0.1, 0.15) is 5.75 Å². The first-order chi connectivity index (χ1) is 12.3. The van der Waals surface area contributed by atoms with E-state index < -0.39 is 11.9 Å². The summed E-state index contributed by atoms with van der Waals surface area (Å²) in [5.41, 5.74) is 2.14. The molecule has 0 aliphatic carbocycles. The van der Waals surface area contributed by atoms with E-state index in [1.54, 1.807) is 12.1 Å². The van der Waals surface area contributed by atoms with Crippen molar-refractivity contribution in [1.29, 1.82) is 0 Å². The number of rotatable bonds is 9. The number of carbonyl (C=O) groups excluding carboxylic acids is 1. The Morgan fingerprint density at radius 2 is 1.85 bits per heavy atom. The molecule has 0 amide bonds. The highest BCUT2D eigenvalue weighted by Gasteiger charge is 2.15. The maximum atomic E-state index is 11.7. The number of carboxylic acids is 1. The predicted octanol–water partition coefficient (Wildman–Crippen LogP) is 3.60. The lowest BCUT2D eigenvalue weighted by molar-refractivity contribution is -0.142. The number of carbonyl (C=O) groups is 2. The number of hydrogen-bond donors (Lipinski definition) is 2. The highest BCUT2D eigenvalue weighted by Crippen LogP contribution is 2.24. The fraction of sp³-hybridized carbons (Fsp3) is 0.500. The van der Waals surface area contributed by atoms with Crippen LogP contribution in [0.1, 0.15) is 46.1 Å². The monoisotopic (exact) mass is 360 g/mol. The molecule has 142 valence electrons. The van der Waals surface area contributed by atoms with Crippen LogP contribution in [0.2, 0.25) is 0 Å². The molecule has 0 radical (unpaired) electrons. The number of nitrogens with zero attached hydrogens (tertiary/aromatic N) is 1. The predicted molar refractivity (Wildman–Crippen MR) is 101 cm³/mol. The third-order valence-corrected chi connectivity index (χ3v) is 4.48. The van der Waals surface area contributed by atoms with Crippen LogP contribution in [0.4, 0.5) is 0 Å². The van der Waals surface area contributed by atoms with Crippen LogP contribution in [0.15, 0.2) is 24.4 Å². The van der Waals surface area contributed by atoms with E-state index in [0.29, 0.717) is 17.8 Å². The zero-order valence-corrected chi connectivity index (χ0v) is 15.9. The number of aromatic nitrogens is 1. The van der Waals surface area contributed by atoms with Crippen LogP contribution in [-0.4, -0.2) is 45.6 Å². The molecule has 0 bridgehead atoms. The van der Waals surface area contributed by atoms with Gasteiger partial charge in [0.25, 0.3) is 0 Å². The van der Waals surface area contributed by atoms with Gasteiger partial charge in [-0.15, -0.1) is 0 Å². The normalized spacial score (nSPS) is 11.7. The number of nitrogens with one attached hydrogen (secondary N) is 1. The average Bonchev–Trinajstić information content (AvgIpc) is 2.95. The van der Waals surface area contributed by atoms with Crippen LogP contribution in [0.25, 0.3) is 10.9 Å². The molecule has 2 rings (SSSR count). The van der Waals surface area contributed by atoms with Gasteiger partial charge in [-0.2, -0.15) is 0 Å². The van der Waals surface area contributed by atoms with Crippen molar-refractivity contribution in [3.63, 3.8) is 0 Å². The second-order valence-electron chi connectivity index (χ2n) is 7.06. The van der Waals surface area contributed by atoms with Crippen molar-refractivity contribution >= 4 is 22.8 Å². The van der Waals surface area contributed by atoms with Gasteiger partial charge in [-0.3, -0.25) is 14.5 Å². The summed E-state index contributed by atoms with van der Waals surface area (Å²) in [6.45, 7) is 9.81. The summed E-state index contributed by atoms with van der Waals surface area (Å²) in [7, 11) is 0. The molecule has 26 heavy (non-hydrogen) atoms. The number of H-pyrrole nitrogens is 1. The first-order valence-corrected chi connectivity index (χ1v) is 9.06. The van der Waals surface area contributed by atoms with Gasteiger partial charge in [0, 0.05) is 41.8 Å². The number of carboxylic acid groups (broad SMARTS) is 1. The molecule has 1 aromatic carbocycles. The van der Waals surface area contributed by atoms with Crippen molar-refractivity contribution in [3.05, 3.63) is 30.0 Å². The smallest absolute Gasteiger partial charge is 0.311 e. The van der Waals surface area contributed by atoms with Crippen molar-refractivity contribution in [1.82, 2.24) is 9.88 Å². The minimum Gasteiger partial charge on any atom is -0.481 e. The van der Waals surface area contributed by atoms with E-state index in [9.17, 15) is 9.59 Å². The molecule has 6 nitrogen and oxygen atoms in total. The number of aromatic amines is 1. The lowest BCUT2D eigenvalue weighted by Gasteiger charge is -2.30. The van der Waals surface area contributed by atoms with Crippen LogP contribution in [-0.2, 0) is 16.0 Å². The SMILES string of the molecule is CC(C)N(CCc1c[nH]c2cc(OC(=O)CCC(=O)O)ccc12)C(C)C. The second kappa shape index (κ2) is 8.85. The summed E-state index contributed by atoms with van der Waals surface area (Å²) in [4.78, 5) is 27.9. The first kappa shape index (κ1) is 20.0. The first-order valence-electron chi connectivity index (χ1n) is 9.06. The molecule has 0 unspecified atom stereocenters. The maximum absolute atomic E-state index is 11.7. The van der Waals surface area contributed by atoms with Crippen molar-refractivity contribution < 1.29 is 19.4 Å². The highest BCUT2D eigenvalue weighted by atomic mass is 16.5. The van der Waals surface area contributed by atoms with Crippen LogP contribution < -0.4 is 4.74 Å². The molecule has 0 saturated carbocycles. The van der Waals surface area contributed by atoms with Gasteiger partial charge in [-0.05, 0) is 51.8 Å². The largest absolute Gasteiger partial charge is 0.481 e. The summed E-state index contributed by atoms with van der Waals surface area (Å²) in [6, 6.07) is 6.46. The topological polar surface area (TPSA) is 82.6 Å². The Labute approximate surface area is 154 Å². The third-order valence-electron chi connectivity index (χ3n) is 4.48. The molecule has 2 N–H and O–H groups in total. The molecule has 0 atom stereocenters. The maximum Gasteiger partial charge on any atom is 0.311 e. The average molecular weight is 360 g/mol. The number of aliphatic carboxylic acids is 1. The van der Waals surface area contributed by atoms with Crippen LogP contribution in [0.5, 0.6) is 5.75 Å². The van der Waals surface area contributed by atoms with E-state index in [-0.39, 0.29) is 12.8 Å². The fourth-order valence-electron chi connectivity index (χ4n) is 3.19. The second-order valence-corrected chi connectivity index (χ2v) is 7.06. The molecule has 1 aromatic heterocycles. The van der Waals surface area contributed by atoms with E-state index in [4.69, 9.17) is 9.84 Å². The Morgan fingerprint density at radius 3 is 2.46 bits per heavy atom. The van der Waals surface area contributed by atoms with Gasteiger partial charge in [-0.25, -0.2) is 0 Å². The lowest BCUT2D eigenvalue weighted by atomic mass is 10.1. The van der Waals surface area contributed by atoms with Crippen molar-refractivity contribution in [2.24, 2.45) is 0 Å². The molecule has 0 fully saturated rings. The quantitative estimate of drug-likeness (QED) is 0.527. The van der Waals surface area contributed by atoms with Gasteiger partial charge in [-0.1, -0.05) is 0 Å². The van der Waals surface area contributed by atoms with Gasteiger partial charge < -0.3 is 14.8 Å². The van der Waals surface area contributed by atoms with Crippen LogP contribution in [0, 0.1) is 0 Å². The van der Waals surface area contributed by atoms with Crippen molar-refractivity contribution in [2.75, 3.05) is 6.54 Å². The number of ether oxygens (including phenoxy) is 1. The van der Waals surface area contributed by atoms with E-state index >= 15 is 0 Å². The summed E-state index contributed by atoms with van der Waals surface area (Å²) < 4.78 is 5.21. The van der Waals surface area contributed by atoms with Gasteiger partial charge in [0.2, 0.25) is 0 Å². The fourth-order valence-corrected chi connectivity index (χ4v) is 3.19. The van der Waals surface area contributed by atoms with E-state index in [1.165, 1.54) is 5.56 Å². The van der Waals surface area contributed by atoms with E-state index in [1.807, 2.05) is 12.3 Å². The molecule has 0 spiro atoms. The van der Waals surface area contributed by atoms with Gasteiger partial charge in [0.15, 0.2) is 0 Å². The molecule has 0 saturated heterocycles. The van der Waals surface area contributed by atoms with E-state index in [2.05, 4.69) is 37.6 Å². The molecule has 2 aromatic rings. The van der Waals surface area contributed by atoms with E-state index in [0.717, 1.165) is 23.9 Å². The Hall–Kier alpha value is -2.34. The van der Waals surface area contributed by atoms with Crippen LogP contribution >= 0.6 is 0 Å². The third kappa shape index (κ3) is 5.33. The number of fused-ring (bicyclic) bond motifs is 1. The molecule has 0 aliphatic heterocycles. The number of esters is 1. The Bertz CT molecular complexity index is 756. The van der Waals surface area contributed by atoms with Gasteiger partial charge >= 0.3 is 11.9 Å². The molecule has 1 heterocycles. The minimum atomic E-state index is -1.01. The Kier molecular flexibility index (Phi) is 6.80. The molecule has 0 aliphatic rings. The summed E-state index contributed by atoms with van der Waals surface area (Å²) in [5.74, 6) is -1.13. The van der Waals surface area contributed by atoms with Gasteiger partial charge in [0.05, 0.1) is 12.8 Å². The highest BCUT2D eigenvalue weighted by molar-refractivity contribution is 5.85. The zero-order valence-electron chi connectivity index (χ0n) is 15.9.